The van der Waals surface area contributed by atoms with Gasteiger partial charge in [-0.1, -0.05) is 46.3 Å². The third-order valence-corrected chi connectivity index (χ3v) is 5.33. The van der Waals surface area contributed by atoms with Gasteiger partial charge < -0.3 is 15.0 Å². The van der Waals surface area contributed by atoms with E-state index in [0.717, 1.165) is 36.0 Å². The van der Waals surface area contributed by atoms with Crippen LogP contribution in [0.15, 0.2) is 53.0 Å². The average Bonchev–Trinajstić information content (AvgIpc) is 3.22. The van der Waals surface area contributed by atoms with Crippen molar-refractivity contribution in [3.05, 3.63) is 64.1 Å². The lowest BCUT2D eigenvalue weighted by atomic mass is 10.2. The van der Waals surface area contributed by atoms with Crippen molar-refractivity contribution < 1.29 is 14.3 Å². The molecular weight excluding hydrogens is 408 g/mol. The van der Waals surface area contributed by atoms with Gasteiger partial charge in [-0.2, -0.15) is 0 Å². The number of likely N-dealkylation sites (tertiary alicyclic amines) is 1. The van der Waals surface area contributed by atoms with E-state index in [1.807, 2.05) is 35.2 Å². The highest BCUT2D eigenvalue weighted by Gasteiger charge is 2.18. The molecule has 142 valence electrons. The molecule has 1 aliphatic heterocycles. The minimum atomic E-state index is -0.230. The van der Waals surface area contributed by atoms with E-state index in [1.165, 1.54) is 0 Å². The third-order valence-electron chi connectivity index (χ3n) is 4.56. The standard InChI is InChI=1S/C21H23BrN2O3/c22-18-9-3-1-7-16(18)15-27-19-10-4-2-8-17(19)21(26)23-12-11-20(25)24-13-5-6-14-24/h1-4,7-10H,5-6,11-15H2,(H,23,26). The summed E-state index contributed by atoms with van der Waals surface area (Å²) in [5.41, 5.74) is 1.47. The summed E-state index contributed by atoms with van der Waals surface area (Å²) in [7, 11) is 0. The molecule has 1 N–H and O–H groups in total. The Labute approximate surface area is 167 Å². The van der Waals surface area contributed by atoms with Crippen LogP contribution in [0.1, 0.15) is 35.2 Å². The van der Waals surface area contributed by atoms with Crippen molar-refractivity contribution in [1.29, 1.82) is 0 Å². The maximum absolute atomic E-state index is 12.5. The van der Waals surface area contributed by atoms with Gasteiger partial charge in [-0.05, 0) is 31.0 Å². The first kappa shape index (κ1) is 19.4. The zero-order valence-corrected chi connectivity index (χ0v) is 16.7. The van der Waals surface area contributed by atoms with Gasteiger partial charge >= 0.3 is 0 Å². The summed E-state index contributed by atoms with van der Waals surface area (Å²) in [5.74, 6) is 0.398. The lowest BCUT2D eigenvalue weighted by Gasteiger charge is -2.15. The van der Waals surface area contributed by atoms with Gasteiger partial charge in [-0.25, -0.2) is 0 Å². The second kappa shape index (κ2) is 9.55. The molecule has 2 aromatic carbocycles. The number of amides is 2. The molecule has 0 aliphatic carbocycles. The van der Waals surface area contributed by atoms with Crippen molar-refractivity contribution in [2.45, 2.75) is 25.9 Å². The summed E-state index contributed by atoms with van der Waals surface area (Å²) in [5, 5.41) is 2.83. The van der Waals surface area contributed by atoms with Crippen LogP contribution in [0.25, 0.3) is 0 Å². The maximum Gasteiger partial charge on any atom is 0.255 e. The van der Waals surface area contributed by atoms with Gasteiger partial charge in [-0.3, -0.25) is 9.59 Å². The third kappa shape index (κ3) is 5.32. The minimum absolute atomic E-state index is 0.103. The van der Waals surface area contributed by atoms with E-state index in [9.17, 15) is 9.59 Å². The molecular formula is C21H23BrN2O3. The van der Waals surface area contributed by atoms with Crippen LogP contribution in [0.4, 0.5) is 0 Å². The van der Waals surface area contributed by atoms with Crippen LogP contribution in [-0.2, 0) is 11.4 Å². The molecule has 2 amide bonds. The van der Waals surface area contributed by atoms with Crippen LogP contribution in [0, 0.1) is 0 Å². The molecule has 0 radical (unpaired) electrons. The van der Waals surface area contributed by atoms with Gasteiger partial charge in [0, 0.05) is 36.1 Å². The predicted molar refractivity (Wildman–Crippen MR) is 108 cm³/mol. The summed E-state index contributed by atoms with van der Waals surface area (Å²) in [4.78, 5) is 26.5. The second-order valence-corrected chi connectivity index (χ2v) is 7.32. The summed E-state index contributed by atoms with van der Waals surface area (Å²) in [6, 6.07) is 15.0. The van der Waals surface area contributed by atoms with Crippen molar-refractivity contribution in [2.75, 3.05) is 19.6 Å². The quantitative estimate of drug-likeness (QED) is 0.726. The van der Waals surface area contributed by atoms with Gasteiger partial charge in [0.2, 0.25) is 5.91 Å². The zero-order valence-electron chi connectivity index (χ0n) is 15.1. The van der Waals surface area contributed by atoms with Crippen molar-refractivity contribution in [1.82, 2.24) is 10.2 Å². The Morgan fingerprint density at radius 3 is 2.52 bits per heavy atom. The zero-order chi connectivity index (χ0) is 19.1. The van der Waals surface area contributed by atoms with Crippen LogP contribution in [0.5, 0.6) is 5.75 Å². The molecule has 1 aliphatic rings. The number of nitrogens with zero attached hydrogens (tertiary/aromatic N) is 1. The van der Waals surface area contributed by atoms with Crippen LogP contribution in [0.2, 0.25) is 0 Å². The Morgan fingerprint density at radius 2 is 1.74 bits per heavy atom. The van der Waals surface area contributed by atoms with Crippen LogP contribution in [-0.4, -0.2) is 36.3 Å². The number of halogens is 1. The van der Waals surface area contributed by atoms with Crippen molar-refractivity contribution in [3.63, 3.8) is 0 Å². The maximum atomic E-state index is 12.5. The lowest BCUT2D eigenvalue weighted by Crippen LogP contribution is -2.32. The molecule has 0 atom stereocenters. The Balaban J connectivity index is 1.55. The van der Waals surface area contributed by atoms with Gasteiger partial charge in [0.15, 0.2) is 0 Å². The van der Waals surface area contributed by atoms with Crippen molar-refractivity contribution in [2.24, 2.45) is 0 Å². The number of ether oxygens (including phenoxy) is 1. The fourth-order valence-corrected chi connectivity index (χ4v) is 3.45. The summed E-state index contributed by atoms with van der Waals surface area (Å²) in [6.45, 7) is 2.35. The van der Waals surface area contributed by atoms with E-state index in [-0.39, 0.29) is 11.8 Å². The first-order valence-electron chi connectivity index (χ1n) is 9.16. The minimum Gasteiger partial charge on any atom is -0.488 e. The lowest BCUT2D eigenvalue weighted by molar-refractivity contribution is -0.129. The number of carbonyl (C=O) groups excluding carboxylic acids is 2. The largest absolute Gasteiger partial charge is 0.488 e. The molecule has 6 heteroatoms. The predicted octanol–water partition coefficient (Wildman–Crippen LogP) is 3.77. The Kier molecular flexibility index (Phi) is 6.87. The smallest absolute Gasteiger partial charge is 0.255 e. The van der Waals surface area contributed by atoms with Crippen molar-refractivity contribution in [3.8, 4) is 5.75 Å². The normalized spacial score (nSPS) is 13.4. The molecule has 1 saturated heterocycles. The summed E-state index contributed by atoms with van der Waals surface area (Å²) < 4.78 is 6.83. The van der Waals surface area contributed by atoms with Gasteiger partial charge in [-0.15, -0.1) is 0 Å². The van der Waals surface area contributed by atoms with E-state index < -0.39 is 0 Å². The average molecular weight is 431 g/mol. The van der Waals surface area contributed by atoms with Gasteiger partial charge in [0.05, 0.1) is 5.56 Å². The Hall–Kier alpha value is -2.34. The molecule has 0 spiro atoms. The summed E-state index contributed by atoms with van der Waals surface area (Å²) in [6.07, 6.45) is 2.46. The Morgan fingerprint density at radius 1 is 1.04 bits per heavy atom. The molecule has 3 rings (SSSR count). The highest BCUT2D eigenvalue weighted by atomic mass is 79.9. The highest BCUT2D eigenvalue weighted by Crippen LogP contribution is 2.22. The molecule has 0 aromatic heterocycles. The fourth-order valence-electron chi connectivity index (χ4n) is 3.05. The van der Waals surface area contributed by atoms with E-state index >= 15 is 0 Å². The Bertz CT molecular complexity index is 804. The molecule has 0 saturated carbocycles. The molecule has 2 aromatic rings. The molecule has 27 heavy (non-hydrogen) atoms. The number of nitrogens with one attached hydrogen (secondary N) is 1. The SMILES string of the molecule is O=C(NCCC(=O)N1CCCC1)c1ccccc1OCc1ccccc1Br. The first-order chi connectivity index (χ1) is 13.1. The van der Waals surface area contributed by atoms with E-state index in [4.69, 9.17) is 4.74 Å². The molecule has 5 nitrogen and oxygen atoms in total. The first-order valence-corrected chi connectivity index (χ1v) is 9.95. The number of hydrogen-bond donors (Lipinski definition) is 1. The van der Waals surface area contributed by atoms with Gasteiger partial charge in [0.25, 0.3) is 5.91 Å². The number of hydrogen-bond acceptors (Lipinski definition) is 3. The molecule has 1 fully saturated rings. The highest BCUT2D eigenvalue weighted by molar-refractivity contribution is 9.10. The van der Waals surface area contributed by atoms with E-state index in [2.05, 4.69) is 21.2 Å². The van der Waals surface area contributed by atoms with Crippen molar-refractivity contribution >= 4 is 27.7 Å². The fraction of sp³-hybridized carbons (Fsp3) is 0.333. The second-order valence-electron chi connectivity index (χ2n) is 6.47. The van der Waals surface area contributed by atoms with Crippen LogP contribution >= 0.6 is 15.9 Å². The monoisotopic (exact) mass is 430 g/mol. The number of benzene rings is 2. The van der Waals surface area contributed by atoms with Crippen LogP contribution in [0.3, 0.4) is 0 Å². The number of carbonyl (C=O) groups is 2. The topological polar surface area (TPSA) is 58.6 Å². The molecule has 0 unspecified atom stereocenters. The van der Waals surface area contributed by atoms with Gasteiger partial charge in [0.1, 0.15) is 12.4 Å². The van der Waals surface area contributed by atoms with E-state index in [0.29, 0.717) is 30.9 Å². The number of rotatable bonds is 7. The molecule has 1 heterocycles. The van der Waals surface area contributed by atoms with E-state index in [1.54, 1.807) is 18.2 Å². The van der Waals surface area contributed by atoms with Crippen LogP contribution < -0.4 is 10.1 Å². The summed E-state index contributed by atoms with van der Waals surface area (Å²) >= 11 is 3.50. The number of para-hydroxylation sites is 1. The molecule has 0 bridgehead atoms.